The normalized spacial score (nSPS) is 12.5. The molecule has 1 aliphatic rings. The molecule has 10 nitrogen and oxygen atoms in total. The number of fused-ring (bicyclic) bond motifs is 1. The van der Waals surface area contributed by atoms with Gasteiger partial charge in [-0.1, -0.05) is 36.1 Å². The molecule has 4 heterocycles. The number of nitrogens with two attached hydrogens (primary N) is 1. The molecular weight excluding hydrogens is 516 g/mol. The maximum Gasteiger partial charge on any atom is 0.264 e. The standard InChI is InChI=1S/C31H24N8O2/c1-18(35-30(40)26-28(32)36-38-14-6-13-33-29(26)38)27-23-15-21-12-11-20(10-9-19-16-34-37(2)17-19)25(24(21)23)31(41)39(27)22-7-4-3-5-8-22/h3-8,11-14,16-18H,15H2,1-2H3,(H2,32,36)(H,35,40)/t18-/m0/s1. The van der Waals surface area contributed by atoms with Gasteiger partial charge in [0.2, 0.25) is 0 Å². The number of aryl methyl sites for hydroxylation is 1. The molecule has 0 saturated carbocycles. The van der Waals surface area contributed by atoms with Crippen LogP contribution in [0, 0.1) is 11.8 Å². The summed E-state index contributed by atoms with van der Waals surface area (Å²) in [6.07, 6.45) is 7.46. The van der Waals surface area contributed by atoms with Crippen LogP contribution in [0.5, 0.6) is 0 Å². The van der Waals surface area contributed by atoms with E-state index in [0.717, 1.165) is 27.8 Å². The van der Waals surface area contributed by atoms with Gasteiger partial charge in [-0.2, -0.15) is 5.10 Å². The zero-order valence-electron chi connectivity index (χ0n) is 22.3. The smallest absolute Gasteiger partial charge is 0.264 e. The van der Waals surface area contributed by atoms with E-state index in [4.69, 9.17) is 5.73 Å². The highest BCUT2D eigenvalue weighted by molar-refractivity contribution is 6.04. The summed E-state index contributed by atoms with van der Waals surface area (Å²) in [5.74, 6) is 6.00. The van der Waals surface area contributed by atoms with Crippen molar-refractivity contribution in [2.45, 2.75) is 19.4 Å². The van der Waals surface area contributed by atoms with E-state index in [1.54, 1.807) is 33.9 Å². The van der Waals surface area contributed by atoms with Gasteiger partial charge in [0.25, 0.3) is 11.5 Å². The van der Waals surface area contributed by atoms with Gasteiger partial charge < -0.3 is 11.1 Å². The van der Waals surface area contributed by atoms with Crippen LogP contribution < -0.4 is 16.6 Å². The maximum atomic E-state index is 14.3. The molecule has 41 heavy (non-hydrogen) atoms. The summed E-state index contributed by atoms with van der Waals surface area (Å²) < 4.78 is 4.85. The Morgan fingerprint density at radius 3 is 2.71 bits per heavy atom. The third-order valence-electron chi connectivity index (χ3n) is 7.40. The van der Waals surface area contributed by atoms with Crippen LogP contribution in [0.25, 0.3) is 22.1 Å². The largest absolute Gasteiger partial charge is 0.381 e. The number of carbonyl (C=O) groups excluding carboxylic acids is 1. The first-order chi connectivity index (χ1) is 19.9. The molecular formula is C31H24N8O2. The number of aromatic nitrogens is 6. The Balaban J connectivity index is 1.39. The molecule has 200 valence electrons. The second-order valence-corrected chi connectivity index (χ2v) is 10.0. The number of pyridine rings is 1. The summed E-state index contributed by atoms with van der Waals surface area (Å²) in [6, 6.07) is 14.5. The number of nitrogen functional groups attached to an aromatic ring is 1. The summed E-state index contributed by atoms with van der Waals surface area (Å²) >= 11 is 0. The Morgan fingerprint density at radius 1 is 1.10 bits per heavy atom. The maximum absolute atomic E-state index is 14.3. The lowest BCUT2D eigenvalue weighted by Crippen LogP contribution is -2.35. The average Bonchev–Trinajstić information content (AvgIpc) is 3.53. The zero-order valence-corrected chi connectivity index (χ0v) is 22.3. The molecule has 0 unspecified atom stereocenters. The highest BCUT2D eigenvalue weighted by Gasteiger charge is 2.31. The third-order valence-corrected chi connectivity index (χ3v) is 7.40. The SMILES string of the molecule is C[C@H](NC(=O)c1c(N)nn2cccnc12)c1c2c3c(ccc(C#Cc4cnn(C)c4)c3c(=O)n1-c1ccccc1)C2. The van der Waals surface area contributed by atoms with Crippen molar-refractivity contribution >= 4 is 28.1 Å². The molecule has 1 aliphatic carbocycles. The fourth-order valence-electron chi connectivity index (χ4n) is 5.58. The Bertz CT molecular complexity index is 2140. The van der Waals surface area contributed by atoms with Crippen molar-refractivity contribution in [1.29, 1.82) is 0 Å². The highest BCUT2D eigenvalue weighted by atomic mass is 16.2. The van der Waals surface area contributed by atoms with E-state index in [-0.39, 0.29) is 16.9 Å². The number of benzene rings is 2. The summed E-state index contributed by atoms with van der Waals surface area (Å²) in [4.78, 5) is 32.1. The molecule has 2 aromatic carbocycles. The average molecular weight is 541 g/mol. The number of nitrogens with one attached hydrogen (secondary N) is 1. The summed E-state index contributed by atoms with van der Waals surface area (Å²) in [5, 5.41) is 12.9. The molecule has 0 bridgehead atoms. The number of amides is 1. The van der Waals surface area contributed by atoms with Crippen LogP contribution in [-0.2, 0) is 13.5 Å². The quantitative estimate of drug-likeness (QED) is 0.331. The van der Waals surface area contributed by atoms with E-state index in [1.807, 2.05) is 62.6 Å². The van der Waals surface area contributed by atoms with Crippen LogP contribution >= 0.6 is 0 Å². The Kier molecular flexibility index (Phi) is 5.47. The van der Waals surface area contributed by atoms with Gasteiger partial charge in [0.1, 0.15) is 5.56 Å². The minimum absolute atomic E-state index is 0.0822. The zero-order chi connectivity index (χ0) is 28.2. The molecule has 0 saturated heterocycles. The molecule has 1 amide bonds. The van der Waals surface area contributed by atoms with Gasteiger partial charge in [-0.25, -0.2) is 9.50 Å². The van der Waals surface area contributed by atoms with Crippen molar-refractivity contribution < 1.29 is 4.79 Å². The molecule has 0 aliphatic heterocycles. The highest BCUT2D eigenvalue weighted by Crippen LogP contribution is 2.39. The molecule has 4 aromatic heterocycles. The van der Waals surface area contributed by atoms with Gasteiger partial charge in [-0.05, 0) is 47.7 Å². The van der Waals surface area contributed by atoms with Crippen LogP contribution in [0.1, 0.15) is 51.3 Å². The van der Waals surface area contributed by atoms with Gasteiger partial charge in [-0.3, -0.25) is 18.8 Å². The fraction of sp³-hybridized carbons (Fsp3) is 0.129. The number of hydrogen-bond acceptors (Lipinski definition) is 6. The van der Waals surface area contributed by atoms with Gasteiger partial charge in [-0.15, -0.1) is 5.10 Å². The number of rotatable bonds is 4. The predicted octanol–water partition coefficient (Wildman–Crippen LogP) is 3.14. The van der Waals surface area contributed by atoms with Gasteiger partial charge in [0.15, 0.2) is 11.5 Å². The molecule has 6 aromatic rings. The lowest BCUT2D eigenvalue weighted by Gasteiger charge is -2.30. The number of carbonyl (C=O) groups is 1. The number of para-hydroxylation sites is 1. The lowest BCUT2D eigenvalue weighted by atomic mass is 9.81. The number of hydrogen-bond donors (Lipinski definition) is 2. The van der Waals surface area contributed by atoms with Crippen LogP contribution in [0.15, 0.2) is 78.1 Å². The summed E-state index contributed by atoms with van der Waals surface area (Å²) in [6.45, 7) is 1.87. The molecule has 0 fully saturated rings. The van der Waals surface area contributed by atoms with Crippen molar-refractivity contribution in [3.8, 4) is 17.5 Å². The van der Waals surface area contributed by atoms with Crippen LogP contribution in [0.4, 0.5) is 5.82 Å². The lowest BCUT2D eigenvalue weighted by molar-refractivity contribution is 0.0941. The van der Waals surface area contributed by atoms with E-state index in [1.165, 1.54) is 4.52 Å². The number of anilines is 1. The second kappa shape index (κ2) is 9.20. The van der Waals surface area contributed by atoms with Gasteiger partial charge in [0.05, 0.1) is 28.9 Å². The van der Waals surface area contributed by atoms with Crippen molar-refractivity contribution in [3.63, 3.8) is 0 Å². The van der Waals surface area contributed by atoms with Crippen molar-refractivity contribution in [1.82, 2.24) is 34.3 Å². The van der Waals surface area contributed by atoms with E-state index in [9.17, 15) is 9.59 Å². The van der Waals surface area contributed by atoms with Gasteiger partial charge >= 0.3 is 0 Å². The number of nitrogens with zero attached hydrogens (tertiary/aromatic N) is 6. The van der Waals surface area contributed by atoms with E-state index in [2.05, 4.69) is 32.3 Å². The molecule has 7 rings (SSSR count). The fourth-order valence-corrected chi connectivity index (χ4v) is 5.58. The predicted molar refractivity (Wildman–Crippen MR) is 155 cm³/mol. The van der Waals surface area contributed by atoms with Crippen LogP contribution in [0.2, 0.25) is 0 Å². The van der Waals surface area contributed by atoms with Crippen LogP contribution in [-0.4, -0.2) is 34.9 Å². The summed E-state index contributed by atoms with van der Waals surface area (Å²) in [7, 11) is 1.83. The van der Waals surface area contributed by atoms with E-state index >= 15 is 0 Å². The van der Waals surface area contributed by atoms with Gasteiger partial charge in [0, 0.05) is 43.3 Å². The topological polar surface area (TPSA) is 125 Å². The second-order valence-electron chi connectivity index (χ2n) is 10.0. The Labute approximate surface area is 234 Å². The molecule has 10 heteroatoms. The molecule has 1 atom stereocenters. The van der Waals surface area contributed by atoms with E-state index in [0.29, 0.717) is 28.7 Å². The first-order valence-corrected chi connectivity index (χ1v) is 13.1. The minimum Gasteiger partial charge on any atom is -0.381 e. The molecule has 3 N–H and O–H groups in total. The third kappa shape index (κ3) is 3.86. The first kappa shape index (κ1) is 24.4. The Morgan fingerprint density at radius 2 is 1.93 bits per heavy atom. The monoisotopic (exact) mass is 540 g/mol. The first-order valence-electron chi connectivity index (χ1n) is 13.1. The molecule has 0 radical (unpaired) electrons. The molecule has 0 spiro atoms. The van der Waals surface area contributed by atoms with Crippen molar-refractivity contribution in [2.24, 2.45) is 7.05 Å². The van der Waals surface area contributed by atoms with Crippen LogP contribution in [0.3, 0.4) is 0 Å². The van der Waals surface area contributed by atoms with Crippen molar-refractivity contribution in [2.75, 3.05) is 5.73 Å². The Hall–Kier alpha value is -5.69. The van der Waals surface area contributed by atoms with E-state index < -0.39 is 11.9 Å². The van der Waals surface area contributed by atoms with Crippen molar-refractivity contribution in [3.05, 3.63) is 117 Å². The minimum atomic E-state index is -0.536. The summed E-state index contributed by atoms with van der Waals surface area (Å²) in [5.41, 5.74) is 11.4.